The van der Waals surface area contributed by atoms with Gasteiger partial charge >= 0.3 is 0 Å². The molecule has 1 heterocycles. The molecule has 21 heavy (non-hydrogen) atoms. The molecule has 0 amide bonds. The molecule has 0 atom stereocenters. The lowest BCUT2D eigenvalue weighted by Crippen LogP contribution is -1.94. The topological polar surface area (TPSA) is 45.9 Å². The zero-order valence-electron chi connectivity index (χ0n) is 11.3. The van der Waals surface area contributed by atoms with Crippen LogP contribution in [0.25, 0.3) is 10.9 Å². The van der Waals surface area contributed by atoms with Gasteiger partial charge in [0.2, 0.25) is 5.88 Å². The van der Waals surface area contributed by atoms with Crippen molar-refractivity contribution in [2.24, 2.45) is 0 Å². The third-order valence-corrected chi connectivity index (χ3v) is 3.15. The SMILES string of the molecule is Cc1cc(Oc2nc3ccccc3cc2C#N)ccc1F. The van der Waals surface area contributed by atoms with Gasteiger partial charge in [-0.05, 0) is 42.8 Å². The van der Waals surface area contributed by atoms with Crippen molar-refractivity contribution in [3.8, 4) is 17.7 Å². The molecule has 3 nitrogen and oxygen atoms in total. The molecular formula is C17H11FN2O. The first-order chi connectivity index (χ1) is 10.2. The molecule has 0 aliphatic heterocycles. The van der Waals surface area contributed by atoms with E-state index in [0.717, 1.165) is 10.9 Å². The van der Waals surface area contributed by atoms with Crippen molar-refractivity contribution in [1.82, 2.24) is 4.98 Å². The van der Waals surface area contributed by atoms with Gasteiger partial charge in [0.05, 0.1) is 5.52 Å². The van der Waals surface area contributed by atoms with Crippen molar-refractivity contribution >= 4 is 10.9 Å². The van der Waals surface area contributed by atoms with Crippen LogP contribution in [0.3, 0.4) is 0 Å². The zero-order valence-corrected chi connectivity index (χ0v) is 11.3. The van der Waals surface area contributed by atoms with E-state index in [9.17, 15) is 9.65 Å². The van der Waals surface area contributed by atoms with Crippen molar-refractivity contribution in [2.75, 3.05) is 0 Å². The summed E-state index contributed by atoms with van der Waals surface area (Å²) in [6.45, 7) is 1.65. The van der Waals surface area contributed by atoms with E-state index in [1.807, 2.05) is 24.3 Å². The first kappa shape index (κ1) is 13.1. The fourth-order valence-electron chi connectivity index (χ4n) is 2.05. The summed E-state index contributed by atoms with van der Waals surface area (Å²) < 4.78 is 18.9. The van der Waals surface area contributed by atoms with Gasteiger partial charge in [0.15, 0.2) is 0 Å². The first-order valence-corrected chi connectivity index (χ1v) is 6.41. The lowest BCUT2D eigenvalue weighted by atomic mass is 10.1. The van der Waals surface area contributed by atoms with Gasteiger partial charge < -0.3 is 4.74 Å². The number of halogens is 1. The number of fused-ring (bicyclic) bond motifs is 1. The maximum absolute atomic E-state index is 13.3. The molecule has 0 spiro atoms. The zero-order chi connectivity index (χ0) is 14.8. The minimum atomic E-state index is -0.297. The van der Waals surface area contributed by atoms with Crippen molar-refractivity contribution in [2.45, 2.75) is 6.92 Å². The summed E-state index contributed by atoms with van der Waals surface area (Å²) in [6, 6.07) is 15.7. The van der Waals surface area contributed by atoms with Crippen LogP contribution in [0.15, 0.2) is 48.5 Å². The lowest BCUT2D eigenvalue weighted by Gasteiger charge is -2.08. The molecule has 0 aliphatic rings. The Morgan fingerprint density at radius 3 is 2.71 bits per heavy atom. The lowest BCUT2D eigenvalue weighted by molar-refractivity contribution is 0.461. The number of hydrogen-bond donors (Lipinski definition) is 0. The predicted octanol–water partition coefficient (Wildman–Crippen LogP) is 4.35. The van der Waals surface area contributed by atoms with Gasteiger partial charge in [-0.1, -0.05) is 18.2 Å². The van der Waals surface area contributed by atoms with Gasteiger partial charge in [-0.25, -0.2) is 9.37 Å². The molecule has 0 aliphatic carbocycles. The Hall–Kier alpha value is -2.93. The van der Waals surface area contributed by atoms with E-state index in [1.165, 1.54) is 12.1 Å². The largest absolute Gasteiger partial charge is 0.438 e. The summed E-state index contributed by atoms with van der Waals surface area (Å²) in [4.78, 5) is 4.35. The van der Waals surface area contributed by atoms with Gasteiger partial charge in [0.1, 0.15) is 23.2 Å². The smallest absolute Gasteiger partial charge is 0.237 e. The second-order valence-corrected chi connectivity index (χ2v) is 4.66. The number of para-hydroxylation sites is 1. The molecule has 2 aromatic carbocycles. The minimum Gasteiger partial charge on any atom is -0.438 e. The monoisotopic (exact) mass is 278 g/mol. The summed E-state index contributed by atoms with van der Waals surface area (Å²) in [5.41, 5.74) is 1.56. The third-order valence-electron chi connectivity index (χ3n) is 3.15. The first-order valence-electron chi connectivity index (χ1n) is 6.41. The predicted molar refractivity (Wildman–Crippen MR) is 77.7 cm³/mol. The van der Waals surface area contributed by atoms with E-state index >= 15 is 0 Å². The second kappa shape index (κ2) is 5.22. The number of aromatic nitrogens is 1. The maximum Gasteiger partial charge on any atom is 0.237 e. The molecule has 0 radical (unpaired) electrons. The molecule has 0 unspecified atom stereocenters. The Labute approximate surface area is 121 Å². The van der Waals surface area contributed by atoms with Crippen LogP contribution >= 0.6 is 0 Å². The van der Waals surface area contributed by atoms with E-state index in [2.05, 4.69) is 11.1 Å². The van der Waals surface area contributed by atoms with Gasteiger partial charge in [-0.15, -0.1) is 0 Å². The summed E-state index contributed by atoms with van der Waals surface area (Å²) in [6.07, 6.45) is 0. The molecule has 4 heteroatoms. The number of hydrogen-bond acceptors (Lipinski definition) is 3. The Morgan fingerprint density at radius 1 is 1.14 bits per heavy atom. The molecule has 0 N–H and O–H groups in total. The van der Waals surface area contributed by atoms with E-state index < -0.39 is 0 Å². The highest BCUT2D eigenvalue weighted by molar-refractivity contribution is 5.81. The fraction of sp³-hybridized carbons (Fsp3) is 0.0588. The van der Waals surface area contributed by atoms with Crippen molar-refractivity contribution in [3.63, 3.8) is 0 Å². The maximum atomic E-state index is 13.3. The number of nitriles is 1. The standard InChI is InChI=1S/C17H11FN2O/c1-11-8-14(6-7-15(11)18)21-17-13(10-19)9-12-4-2-3-5-16(12)20-17/h2-9H,1H3. The average molecular weight is 278 g/mol. The van der Waals surface area contributed by atoms with Crippen LogP contribution in [0.5, 0.6) is 11.6 Å². The Bertz CT molecular complexity index is 868. The number of nitrogens with zero attached hydrogens (tertiary/aromatic N) is 2. The number of rotatable bonds is 2. The molecule has 0 fully saturated rings. The quantitative estimate of drug-likeness (QED) is 0.700. The van der Waals surface area contributed by atoms with Gasteiger partial charge in [0, 0.05) is 5.39 Å². The fourth-order valence-corrected chi connectivity index (χ4v) is 2.05. The van der Waals surface area contributed by atoms with Crippen LogP contribution in [-0.2, 0) is 0 Å². The van der Waals surface area contributed by atoms with Gasteiger partial charge in [-0.2, -0.15) is 5.26 Å². The molecule has 1 aromatic heterocycles. The molecule has 102 valence electrons. The van der Waals surface area contributed by atoms with Crippen LogP contribution in [0.1, 0.15) is 11.1 Å². The van der Waals surface area contributed by atoms with E-state index in [1.54, 1.807) is 19.1 Å². The summed E-state index contributed by atoms with van der Waals surface area (Å²) >= 11 is 0. The molecule has 0 saturated heterocycles. The van der Waals surface area contributed by atoms with Gasteiger partial charge in [-0.3, -0.25) is 0 Å². The second-order valence-electron chi connectivity index (χ2n) is 4.66. The van der Waals surface area contributed by atoms with E-state index in [4.69, 9.17) is 4.74 Å². The van der Waals surface area contributed by atoms with Crippen molar-refractivity contribution < 1.29 is 9.13 Å². The number of benzene rings is 2. The number of aryl methyl sites for hydroxylation is 1. The van der Waals surface area contributed by atoms with Gasteiger partial charge in [0.25, 0.3) is 0 Å². The third kappa shape index (κ3) is 2.54. The minimum absolute atomic E-state index is 0.224. The Kier molecular flexibility index (Phi) is 3.25. The highest BCUT2D eigenvalue weighted by Gasteiger charge is 2.10. The van der Waals surface area contributed by atoms with E-state index in [-0.39, 0.29) is 11.7 Å². The number of pyridine rings is 1. The van der Waals surface area contributed by atoms with Crippen molar-refractivity contribution in [1.29, 1.82) is 5.26 Å². The molecule has 0 bridgehead atoms. The summed E-state index contributed by atoms with van der Waals surface area (Å²) in [5.74, 6) is 0.379. The number of ether oxygens (including phenoxy) is 1. The van der Waals surface area contributed by atoms with E-state index in [0.29, 0.717) is 16.9 Å². The van der Waals surface area contributed by atoms with Crippen LogP contribution in [0.4, 0.5) is 4.39 Å². The van der Waals surface area contributed by atoms with Crippen LogP contribution in [0, 0.1) is 24.1 Å². The summed E-state index contributed by atoms with van der Waals surface area (Å²) in [7, 11) is 0. The van der Waals surface area contributed by atoms with Crippen LogP contribution in [-0.4, -0.2) is 4.98 Å². The molecule has 3 aromatic rings. The molecular weight excluding hydrogens is 267 g/mol. The Balaban J connectivity index is 2.06. The molecule has 3 rings (SSSR count). The normalized spacial score (nSPS) is 10.3. The van der Waals surface area contributed by atoms with Crippen LogP contribution in [0.2, 0.25) is 0 Å². The molecule has 0 saturated carbocycles. The highest BCUT2D eigenvalue weighted by Crippen LogP contribution is 2.27. The highest BCUT2D eigenvalue weighted by atomic mass is 19.1. The van der Waals surface area contributed by atoms with Crippen LogP contribution < -0.4 is 4.74 Å². The Morgan fingerprint density at radius 2 is 1.95 bits per heavy atom. The average Bonchev–Trinajstić information content (AvgIpc) is 2.50. The summed E-state index contributed by atoms with van der Waals surface area (Å²) in [5, 5.41) is 10.1. The van der Waals surface area contributed by atoms with Crippen molar-refractivity contribution in [3.05, 3.63) is 65.5 Å².